The maximum atomic E-state index is 12.9. The van der Waals surface area contributed by atoms with Crippen molar-refractivity contribution >= 4 is 11.7 Å². The lowest BCUT2D eigenvalue weighted by Crippen LogP contribution is -2.40. The Morgan fingerprint density at radius 2 is 2.08 bits per heavy atom. The van der Waals surface area contributed by atoms with Gasteiger partial charge >= 0.3 is 6.03 Å². The standard InChI is InChI=1S/C20H29N3O2/c1-13-6-5-7-14(2)18(13)21-19(24)23-11-16-15(10-22(3)4)17-8-9-20(16,12-23)25-17/h5-7,15-17H,8-12H2,1-4H3,(H,21,24)/t15-,16+,17+,20+/m0/s1. The molecular formula is C20H29N3O2. The third-order valence-electron chi connectivity index (χ3n) is 6.36. The van der Waals surface area contributed by atoms with Gasteiger partial charge in [-0.15, -0.1) is 0 Å². The van der Waals surface area contributed by atoms with Gasteiger partial charge < -0.3 is 19.9 Å². The van der Waals surface area contributed by atoms with Gasteiger partial charge in [-0.2, -0.15) is 0 Å². The molecule has 4 atom stereocenters. The molecule has 136 valence electrons. The number of benzene rings is 1. The molecule has 3 aliphatic rings. The topological polar surface area (TPSA) is 44.8 Å². The van der Waals surface area contributed by atoms with E-state index >= 15 is 0 Å². The molecule has 0 saturated carbocycles. The molecular weight excluding hydrogens is 314 g/mol. The molecule has 2 bridgehead atoms. The van der Waals surface area contributed by atoms with E-state index < -0.39 is 0 Å². The molecule has 25 heavy (non-hydrogen) atoms. The van der Waals surface area contributed by atoms with E-state index in [1.165, 1.54) is 0 Å². The van der Waals surface area contributed by atoms with Gasteiger partial charge in [0, 0.05) is 30.6 Å². The number of hydrogen-bond acceptors (Lipinski definition) is 3. The highest BCUT2D eigenvalue weighted by molar-refractivity contribution is 5.91. The number of ether oxygens (including phenoxy) is 1. The van der Waals surface area contributed by atoms with Crippen LogP contribution in [0.2, 0.25) is 0 Å². The summed E-state index contributed by atoms with van der Waals surface area (Å²) in [4.78, 5) is 17.1. The van der Waals surface area contributed by atoms with Crippen LogP contribution in [0.3, 0.4) is 0 Å². The second-order valence-electron chi connectivity index (χ2n) is 8.37. The SMILES string of the molecule is Cc1cccc(C)c1NC(=O)N1C[C@@H]2[C@H](CN(C)C)[C@H]3CC[C@]2(C1)O3. The van der Waals surface area contributed by atoms with Crippen LogP contribution in [0.25, 0.3) is 0 Å². The summed E-state index contributed by atoms with van der Waals surface area (Å²) in [5.41, 5.74) is 3.06. The Kier molecular flexibility index (Phi) is 4.04. The molecule has 1 N–H and O–H groups in total. The number of rotatable bonds is 3. The molecule has 4 rings (SSSR count). The molecule has 3 fully saturated rings. The molecule has 0 radical (unpaired) electrons. The molecule has 3 heterocycles. The van der Waals surface area contributed by atoms with Crippen LogP contribution in [0.1, 0.15) is 24.0 Å². The number of carbonyl (C=O) groups is 1. The quantitative estimate of drug-likeness (QED) is 0.918. The zero-order chi connectivity index (χ0) is 17.8. The minimum absolute atomic E-state index is 0.0110. The Labute approximate surface area is 150 Å². The second kappa shape index (κ2) is 5.99. The molecule has 5 nitrogen and oxygen atoms in total. The van der Waals surface area contributed by atoms with Gasteiger partial charge in [0.05, 0.1) is 18.2 Å². The highest BCUT2D eigenvalue weighted by Crippen LogP contribution is 2.54. The molecule has 1 aromatic rings. The summed E-state index contributed by atoms with van der Waals surface area (Å²) < 4.78 is 6.43. The van der Waals surface area contributed by atoms with Crippen molar-refractivity contribution in [3.63, 3.8) is 0 Å². The largest absolute Gasteiger partial charge is 0.369 e. The summed E-state index contributed by atoms with van der Waals surface area (Å²) in [7, 11) is 4.25. The minimum atomic E-state index is -0.0938. The number of aryl methyl sites for hydroxylation is 2. The lowest BCUT2D eigenvalue weighted by molar-refractivity contribution is 0.00534. The van der Waals surface area contributed by atoms with Gasteiger partial charge in [-0.1, -0.05) is 18.2 Å². The number of amides is 2. The predicted octanol–water partition coefficient (Wildman–Crippen LogP) is 2.88. The molecule has 1 spiro atoms. The molecule has 5 heteroatoms. The molecule has 0 aromatic heterocycles. The molecule has 0 unspecified atom stereocenters. The zero-order valence-corrected chi connectivity index (χ0v) is 15.7. The van der Waals surface area contributed by atoms with Crippen molar-refractivity contribution in [2.75, 3.05) is 39.0 Å². The first kappa shape index (κ1) is 16.9. The first-order valence-corrected chi connectivity index (χ1v) is 9.34. The Balaban J connectivity index is 1.49. The maximum absolute atomic E-state index is 12.9. The number of fused-ring (bicyclic) bond motifs is 1. The lowest BCUT2D eigenvalue weighted by Gasteiger charge is -2.30. The Morgan fingerprint density at radius 3 is 2.76 bits per heavy atom. The van der Waals surface area contributed by atoms with Crippen molar-refractivity contribution in [3.8, 4) is 0 Å². The van der Waals surface area contributed by atoms with Crippen LogP contribution in [-0.2, 0) is 4.74 Å². The van der Waals surface area contributed by atoms with Crippen molar-refractivity contribution in [2.45, 2.75) is 38.4 Å². The molecule has 1 aromatic carbocycles. The predicted molar refractivity (Wildman–Crippen MR) is 98.9 cm³/mol. The van der Waals surface area contributed by atoms with E-state index in [1.807, 2.05) is 36.9 Å². The number of likely N-dealkylation sites (tertiary alicyclic amines) is 1. The van der Waals surface area contributed by atoms with Crippen LogP contribution in [0.4, 0.5) is 10.5 Å². The van der Waals surface area contributed by atoms with Gasteiger partial charge in [-0.05, 0) is 51.9 Å². The Bertz CT molecular complexity index is 669. The number of nitrogens with one attached hydrogen (secondary N) is 1. The van der Waals surface area contributed by atoms with E-state index in [1.54, 1.807) is 0 Å². The molecule has 3 aliphatic heterocycles. The highest BCUT2D eigenvalue weighted by Gasteiger charge is 2.63. The average molecular weight is 343 g/mol. The number of nitrogens with zero attached hydrogens (tertiary/aromatic N) is 2. The first-order valence-electron chi connectivity index (χ1n) is 9.34. The van der Waals surface area contributed by atoms with Crippen molar-refractivity contribution in [1.82, 2.24) is 9.80 Å². The Morgan fingerprint density at radius 1 is 1.36 bits per heavy atom. The average Bonchev–Trinajstić information content (AvgIpc) is 3.20. The first-order chi connectivity index (χ1) is 11.9. The van der Waals surface area contributed by atoms with E-state index in [9.17, 15) is 4.79 Å². The van der Waals surface area contributed by atoms with E-state index in [4.69, 9.17) is 4.74 Å². The van der Waals surface area contributed by atoms with Crippen molar-refractivity contribution in [3.05, 3.63) is 29.3 Å². The van der Waals surface area contributed by atoms with E-state index in [2.05, 4.69) is 24.3 Å². The zero-order valence-electron chi connectivity index (χ0n) is 15.7. The van der Waals surface area contributed by atoms with E-state index in [-0.39, 0.29) is 11.6 Å². The number of hydrogen-bond donors (Lipinski definition) is 1. The van der Waals surface area contributed by atoms with Crippen LogP contribution in [-0.4, -0.2) is 61.3 Å². The second-order valence-corrected chi connectivity index (χ2v) is 8.37. The fourth-order valence-corrected chi connectivity index (χ4v) is 5.21. The normalized spacial score (nSPS) is 33.2. The van der Waals surface area contributed by atoms with Gasteiger partial charge in [-0.25, -0.2) is 4.79 Å². The third kappa shape index (κ3) is 2.74. The summed E-state index contributed by atoms with van der Waals surface area (Å²) >= 11 is 0. The molecule has 3 saturated heterocycles. The van der Waals surface area contributed by atoms with E-state index in [0.29, 0.717) is 17.9 Å². The van der Waals surface area contributed by atoms with Crippen molar-refractivity contribution in [1.29, 1.82) is 0 Å². The van der Waals surface area contributed by atoms with Gasteiger partial charge in [0.25, 0.3) is 0 Å². The molecule has 0 aliphatic carbocycles. The van der Waals surface area contributed by atoms with Crippen LogP contribution in [0.15, 0.2) is 18.2 Å². The van der Waals surface area contributed by atoms with Crippen molar-refractivity contribution in [2.24, 2.45) is 11.8 Å². The lowest BCUT2D eigenvalue weighted by atomic mass is 9.73. The van der Waals surface area contributed by atoms with Gasteiger partial charge in [0.15, 0.2) is 0 Å². The van der Waals surface area contributed by atoms with Gasteiger partial charge in [-0.3, -0.25) is 0 Å². The maximum Gasteiger partial charge on any atom is 0.321 e. The van der Waals surface area contributed by atoms with Crippen molar-refractivity contribution < 1.29 is 9.53 Å². The number of carbonyl (C=O) groups excluding carboxylic acids is 1. The fraction of sp³-hybridized carbons (Fsp3) is 0.650. The van der Waals surface area contributed by atoms with Crippen LogP contribution in [0, 0.1) is 25.7 Å². The summed E-state index contributed by atoms with van der Waals surface area (Å²) in [6.45, 7) is 6.67. The summed E-state index contributed by atoms with van der Waals surface area (Å²) in [6, 6.07) is 6.12. The van der Waals surface area contributed by atoms with Gasteiger partial charge in [0.2, 0.25) is 0 Å². The summed E-state index contributed by atoms with van der Waals surface area (Å²) in [5.74, 6) is 1.01. The summed E-state index contributed by atoms with van der Waals surface area (Å²) in [6.07, 6.45) is 2.62. The van der Waals surface area contributed by atoms with Crippen LogP contribution >= 0.6 is 0 Å². The monoisotopic (exact) mass is 343 g/mol. The summed E-state index contributed by atoms with van der Waals surface area (Å²) in [5, 5.41) is 3.14. The number of para-hydroxylation sites is 1. The van der Waals surface area contributed by atoms with Crippen LogP contribution in [0.5, 0.6) is 0 Å². The molecule has 2 amide bonds. The highest BCUT2D eigenvalue weighted by atomic mass is 16.5. The fourth-order valence-electron chi connectivity index (χ4n) is 5.21. The smallest absolute Gasteiger partial charge is 0.321 e. The minimum Gasteiger partial charge on any atom is -0.369 e. The van der Waals surface area contributed by atoms with Gasteiger partial charge in [0.1, 0.15) is 0 Å². The van der Waals surface area contributed by atoms with E-state index in [0.717, 1.165) is 49.3 Å². The third-order valence-corrected chi connectivity index (χ3v) is 6.36. The number of anilines is 1. The Hall–Kier alpha value is -1.59. The van der Waals surface area contributed by atoms with Crippen LogP contribution < -0.4 is 5.32 Å². The number of urea groups is 1.